The third-order valence-electron chi connectivity index (χ3n) is 4.21. The average molecular weight is 358 g/mol. The van der Waals surface area contributed by atoms with Gasteiger partial charge in [0.25, 0.3) is 0 Å². The number of benzene rings is 1. The molecule has 1 aromatic carbocycles. The number of rotatable bonds is 6. The summed E-state index contributed by atoms with van der Waals surface area (Å²) in [4.78, 5) is 18.0. The Morgan fingerprint density at radius 2 is 2.12 bits per heavy atom. The van der Waals surface area contributed by atoms with Gasteiger partial charge in [0.2, 0.25) is 0 Å². The average Bonchev–Trinajstić information content (AvgIpc) is 2.68. The predicted molar refractivity (Wildman–Crippen MR) is 97.0 cm³/mol. The van der Waals surface area contributed by atoms with Crippen molar-refractivity contribution in [3.8, 4) is 17.0 Å². The zero-order chi connectivity index (χ0) is 18.5. The van der Waals surface area contributed by atoms with Crippen molar-refractivity contribution in [2.45, 2.75) is 6.10 Å². The van der Waals surface area contributed by atoms with E-state index in [1.54, 1.807) is 31.2 Å². The number of ether oxygens (including phenoxy) is 3. The van der Waals surface area contributed by atoms with Gasteiger partial charge in [0, 0.05) is 19.2 Å². The van der Waals surface area contributed by atoms with Gasteiger partial charge in [-0.2, -0.15) is 0 Å². The van der Waals surface area contributed by atoms with Crippen molar-refractivity contribution >= 4 is 11.8 Å². The lowest BCUT2D eigenvalue weighted by Gasteiger charge is -2.29. The van der Waals surface area contributed by atoms with E-state index in [2.05, 4.69) is 4.98 Å². The Labute approximate surface area is 152 Å². The molecule has 7 nitrogen and oxygen atoms in total. The molecule has 26 heavy (non-hydrogen) atoms. The molecule has 1 saturated heterocycles. The summed E-state index contributed by atoms with van der Waals surface area (Å²) in [5.41, 5.74) is 1.59. The number of para-hydroxylation sites is 1. The number of carboxylic acids is 1. The van der Waals surface area contributed by atoms with Crippen molar-refractivity contribution in [1.82, 2.24) is 4.98 Å². The molecule has 0 radical (unpaired) electrons. The molecule has 1 unspecified atom stereocenters. The van der Waals surface area contributed by atoms with Gasteiger partial charge in [-0.15, -0.1) is 0 Å². The van der Waals surface area contributed by atoms with Crippen LogP contribution in [0.2, 0.25) is 0 Å². The maximum atomic E-state index is 11.6. The molecule has 2 heterocycles. The second-order valence-corrected chi connectivity index (χ2v) is 6.02. The minimum absolute atomic E-state index is 0.118. The fourth-order valence-electron chi connectivity index (χ4n) is 2.95. The molecule has 1 aliphatic heterocycles. The van der Waals surface area contributed by atoms with E-state index in [4.69, 9.17) is 14.2 Å². The van der Waals surface area contributed by atoms with E-state index in [0.717, 1.165) is 5.56 Å². The summed E-state index contributed by atoms with van der Waals surface area (Å²) in [5.74, 6) is 0.0440. The molecule has 2 aromatic rings. The maximum absolute atomic E-state index is 11.6. The number of aromatic carboxylic acids is 1. The second kappa shape index (κ2) is 8.16. The van der Waals surface area contributed by atoms with E-state index in [0.29, 0.717) is 43.6 Å². The Balaban J connectivity index is 1.94. The van der Waals surface area contributed by atoms with Crippen LogP contribution in [0.4, 0.5) is 5.82 Å². The van der Waals surface area contributed by atoms with Gasteiger partial charge in [0.05, 0.1) is 38.7 Å². The van der Waals surface area contributed by atoms with Gasteiger partial charge < -0.3 is 24.2 Å². The molecule has 1 N–H and O–H groups in total. The van der Waals surface area contributed by atoms with Crippen molar-refractivity contribution in [3.05, 3.63) is 42.0 Å². The standard InChI is InChI=1S/C19H22N2O5/c1-21(11-13-12-25-9-10-26-13)18-15(19(22)23)7-8-16(20-18)14-5-3-4-6-17(14)24-2/h3-8,13H,9-12H2,1-2H3,(H,22,23). The van der Waals surface area contributed by atoms with Crippen LogP contribution in [-0.2, 0) is 9.47 Å². The predicted octanol–water partition coefficient (Wildman–Crippen LogP) is 2.31. The summed E-state index contributed by atoms with van der Waals surface area (Å²) >= 11 is 0. The number of pyridine rings is 1. The van der Waals surface area contributed by atoms with Crippen molar-refractivity contribution in [1.29, 1.82) is 0 Å². The van der Waals surface area contributed by atoms with E-state index in [1.165, 1.54) is 0 Å². The van der Waals surface area contributed by atoms with E-state index >= 15 is 0 Å². The number of carboxylic acid groups (broad SMARTS) is 1. The van der Waals surface area contributed by atoms with Crippen LogP contribution in [0, 0.1) is 0 Å². The summed E-state index contributed by atoms with van der Waals surface area (Å²) in [6.45, 7) is 2.10. The van der Waals surface area contributed by atoms with Crippen molar-refractivity contribution in [2.24, 2.45) is 0 Å². The molecule has 138 valence electrons. The molecule has 1 atom stereocenters. The number of anilines is 1. The van der Waals surface area contributed by atoms with Crippen LogP contribution in [-0.4, -0.2) is 62.7 Å². The van der Waals surface area contributed by atoms with E-state index in [1.807, 2.05) is 24.3 Å². The highest BCUT2D eigenvalue weighted by Crippen LogP contribution is 2.30. The Hall–Kier alpha value is -2.64. The topological polar surface area (TPSA) is 81.1 Å². The molecule has 0 spiro atoms. The minimum atomic E-state index is -1.02. The van der Waals surface area contributed by atoms with E-state index in [9.17, 15) is 9.90 Å². The molecule has 3 rings (SSSR count). The van der Waals surface area contributed by atoms with Gasteiger partial charge in [0.15, 0.2) is 0 Å². The van der Waals surface area contributed by atoms with Crippen LogP contribution in [0.25, 0.3) is 11.3 Å². The van der Waals surface area contributed by atoms with E-state index < -0.39 is 5.97 Å². The first-order valence-electron chi connectivity index (χ1n) is 8.38. The lowest BCUT2D eigenvalue weighted by molar-refractivity contribution is -0.0837. The normalized spacial score (nSPS) is 16.9. The highest BCUT2D eigenvalue weighted by Gasteiger charge is 2.22. The fraction of sp³-hybridized carbons (Fsp3) is 0.368. The van der Waals surface area contributed by atoms with Gasteiger partial charge in [-0.1, -0.05) is 12.1 Å². The smallest absolute Gasteiger partial charge is 0.339 e. The maximum Gasteiger partial charge on any atom is 0.339 e. The molecule has 7 heteroatoms. The third kappa shape index (κ3) is 3.95. The van der Waals surface area contributed by atoms with Crippen LogP contribution in [0.1, 0.15) is 10.4 Å². The van der Waals surface area contributed by atoms with Crippen LogP contribution < -0.4 is 9.64 Å². The van der Waals surface area contributed by atoms with Gasteiger partial charge in [-0.05, 0) is 24.3 Å². The Morgan fingerprint density at radius 3 is 2.81 bits per heavy atom. The molecule has 1 fully saturated rings. The summed E-state index contributed by atoms with van der Waals surface area (Å²) < 4.78 is 16.5. The molecule has 0 amide bonds. The summed E-state index contributed by atoms with van der Waals surface area (Å²) in [6, 6.07) is 10.8. The minimum Gasteiger partial charge on any atom is -0.496 e. The van der Waals surface area contributed by atoms with Gasteiger partial charge >= 0.3 is 5.97 Å². The van der Waals surface area contributed by atoms with Gasteiger partial charge in [-0.3, -0.25) is 0 Å². The third-order valence-corrected chi connectivity index (χ3v) is 4.21. The molecular formula is C19H22N2O5. The number of likely N-dealkylation sites (N-methyl/N-ethyl adjacent to an activating group) is 1. The molecular weight excluding hydrogens is 336 g/mol. The summed E-state index contributed by atoms with van der Waals surface area (Å²) in [5, 5.41) is 9.54. The molecule has 0 aliphatic carbocycles. The number of aromatic nitrogens is 1. The fourth-order valence-corrected chi connectivity index (χ4v) is 2.95. The summed E-state index contributed by atoms with van der Waals surface area (Å²) in [7, 11) is 3.40. The van der Waals surface area contributed by atoms with Crippen molar-refractivity contribution in [2.75, 3.05) is 45.4 Å². The van der Waals surface area contributed by atoms with Crippen molar-refractivity contribution < 1.29 is 24.1 Å². The van der Waals surface area contributed by atoms with Gasteiger partial charge in [0.1, 0.15) is 17.1 Å². The number of methoxy groups -OCH3 is 1. The number of nitrogens with zero attached hydrogens (tertiary/aromatic N) is 2. The number of hydrogen-bond acceptors (Lipinski definition) is 6. The van der Waals surface area contributed by atoms with E-state index in [-0.39, 0.29) is 11.7 Å². The first-order valence-corrected chi connectivity index (χ1v) is 8.38. The summed E-state index contributed by atoms with van der Waals surface area (Å²) in [6.07, 6.45) is -0.118. The van der Waals surface area contributed by atoms with Crippen molar-refractivity contribution in [3.63, 3.8) is 0 Å². The lowest BCUT2D eigenvalue weighted by Crippen LogP contribution is -2.39. The SMILES string of the molecule is COc1ccccc1-c1ccc(C(=O)O)c(N(C)CC2COCCO2)n1. The van der Waals surface area contributed by atoms with Crippen LogP contribution >= 0.6 is 0 Å². The van der Waals surface area contributed by atoms with Crippen LogP contribution in [0.5, 0.6) is 5.75 Å². The number of carbonyl (C=O) groups is 1. The van der Waals surface area contributed by atoms with Crippen LogP contribution in [0.15, 0.2) is 36.4 Å². The highest BCUT2D eigenvalue weighted by molar-refractivity contribution is 5.94. The molecule has 1 aromatic heterocycles. The lowest BCUT2D eigenvalue weighted by atomic mass is 10.1. The Bertz CT molecular complexity index is 774. The molecule has 1 aliphatic rings. The monoisotopic (exact) mass is 358 g/mol. The quantitative estimate of drug-likeness (QED) is 0.848. The zero-order valence-electron chi connectivity index (χ0n) is 14.8. The number of hydrogen-bond donors (Lipinski definition) is 1. The highest BCUT2D eigenvalue weighted by atomic mass is 16.6. The Kier molecular flexibility index (Phi) is 5.70. The van der Waals surface area contributed by atoms with Crippen LogP contribution in [0.3, 0.4) is 0 Å². The molecule has 0 saturated carbocycles. The Morgan fingerprint density at radius 1 is 1.31 bits per heavy atom. The molecule has 0 bridgehead atoms. The zero-order valence-corrected chi connectivity index (χ0v) is 14.8. The van der Waals surface area contributed by atoms with Gasteiger partial charge in [-0.25, -0.2) is 9.78 Å². The first-order chi connectivity index (χ1) is 12.6. The largest absolute Gasteiger partial charge is 0.496 e. The second-order valence-electron chi connectivity index (χ2n) is 6.02. The first kappa shape index (κ1) is 18.2.